The first kappa shape index (κ1) is 20.9. The number of carbonyl (C=O) groups is 1. The number of hydrogen-bond donors (Lipinski definition) is 1. The van der Waals surface area contributed by atoms with Crippen molar-refractivity contribution in [3.05, 3.63) is 0 Å². The molecule has 1 N–H and O–H groups in total. The van der Waals surface area contributed by atoms with Crippen LogP contribution < -0.4 is 5.32 Å². The van der Waals surface area contributed by atoms with Gasteiger partial charge in [-0.25, -0.2) is 13.2 Å². The van der Waals surface area contributed by atoms with Crippen LogP contribution in [0, 0.1) is 0 Å². The van der Waals surface area contributed by atoms with Crippen molar-refractivity contribution in [2.75, 3.05) is 45.0 Å². The summed E-state index contributed by atoms with van der Waals surface area (Å²) < 4.78 is 26.8. The van der Waals surface area contributed by atoms with E-state index in [1.165, 1.54) is 38.5 Å². The Labute approximate surface area is 164 Å². The summed E-state index contributed by atoms with van der Waals surface area (Å²) in [5.74, 6) is 0.123. The van der Waals surface area contributed by atoms with E-state index in [9.17, 15) is 13.2 Å². The van der Waals surface area contributed by atoms with Crippen molar-refractivity contribution in [3.8, 4) is 0 Å². The largest absolute Gasteiger partial charge is 0.335 e. The molecule has 0 atom stereocenters. The second-order valence-corrected chi connectivity index (χ2v) is 10.5. The average molecular weight is 401 g/mol. The van der Waals surface area contributed by atoms with Crippen molar-refractivity contribution >= 4 is 16.1 Å². The van der Waals surface area contributed by atoms with Crippen LogP contribution in [-0.4, -0.2) is 85.7 Å². The molecular formula is C19H36N4O3S. The quantitative estimate of drug-likeness (QED) is 0.708. The first-order chi connectivity index (χ1) is 13.0. The van der Waals surface area contributed by atoms with Crippen LogP contribution in [0.15, 0.2) is 0 Å². The van der Waals surface area contributed by atoms with Gasteiger partial charge < -0.3 is 15.1 Å². The lowest BCUT2D eigenvalue weighted by Crippen LogP contribution is -2.65. The minimum atomic E-state index is -3.25. The molecule has 2 saturated heterocycles. The smallest absolute Gasteiger partial charge is 0.317 e. The summed E-state index contributed by atoms with van der Waals surface area (Å²) in [5, 5.41) is 3.13. The van der Waals surface area contributed by atoms with Gasteiger partial charge >= 0.3 is 6.03 Å². The molecular weight excluding hydrogens is 364 g/mol. The van der Waals surface area contributed by atoms with E-state index in [2.05, 4.69) is 10.2 Å². The third-order valence-electron chi connectivity index (χ3n) is 6.30. The van der Waals surface area contributed by atoms with Crippen LogP contribution in [0.25, 0.3) is 0 Å². The van der Waals surface area contributed by atoms with E-state index in [0.29, 0.717) is 25.7 Å². The molecule has 0 unspecified atom stereocenters. The molecule has 2 amide bonds. The molecule has 1 aliphatic carbocycles. The van der Waals surface area contributed by atoms with Crippen molar-refractivity contribution in [2.24, 2.45) is 0 Å². The lowest BCUT2D eigenvalue weighted by molar-refractivity contribution is 0.0909. The Balaban J connectivity index is 1.49. The highest BCUT2D eigenvalue weighted by molar-refractivity contribution is 7.89. The van der Waals surface area contributed by atoms with Gasteiger partial charge in [-0.1, -0.05) is 25.7 Å². The summed E-state index contributed by atoms with van der Waals surface area (Å²) >= 11 is 0. The van der Waals surface area contributed by atoms with E-state index < -0.39 is 10.0 Å². The Morgan fingerprint density at radius 1 is 1.04 bits per heavy atom. The fourth-order valence-corrected chi connectivity index (χ4v) is 5.73. The third-order valence-corrected chi connectivity index (χ3v) is 8.22. The van der Waals surface area contributed by atoms with Crippen molar-refractivity contribution < 1.29 is 13.2 Å². The second kappa shape index (κ2) is 9.56. The van der Waals surface area contributed by atoms with Gasteiger partial charge in [0.15, 0.2) is 0 Å². The highest BCUT2D eigenvalue weighted by Crippen LogP contribution is 2.22. The van der Waals surface area contributed by atoms with Gasteiger partial charge in [-0.15, -0.1) is 0 Å². The lowest BCUT2D eigenvalue weighted by Gasteiger charge is -2.45. The normalized spacial score (nSPS) is 23.4. The molecule has 3 aliphatic rings. The predicted molar refractivity (Wildman–Crippen MR) is 107 cm³/mol. The number of sulfonamides is 1. The average Bonchev–Trinajstić information content (AvgIpc) is 2.64. The summed E-state index contributed by atoms with van der Waals surface area (Å²) in [5.41, 5.74) is 0. The summed E-state index contributed by atoms with van der Waals surface area (Å²) in [7, 11) is -3.25. The zero-order chi connectivity index (χ0) is 19.3. The van der Waals surface area contributed by atoms with Crippen LogP contribution >= 0.6 is 0 Å². The number of amides is 2. The van der Waals surface area contributed by atoms with E-state index in [-0.39, 0.29) is 17.8 Å². The number of nitrogens with one attached hydrogen (secondary N) is 1. The molecule has 0 bridgehead atoms. The summed E-state index contributed by atoms with van der Waals surface area (Å²) in [6, 6.07) is 0.194. The molecule has 2 heterocycles. The van der Waals surface area contributed by atoms with Crippen molar-refractivity contribution in [1.29, 1.82) is 0 Å². The maximum absolute atomic E-state index is 12.6. The third kappa shape index (κ3) is 5.57. The van der Waals surface area contributed by atoms with E-state index in [0.717, 1.165) is 32.5 Å². The Morgan fingerprint density at radius 2 is 1.67 bits per heavy atom. The molecule has 0 aromatic heterocycles. The van der Waals surface area contributed by atoms with Gasteiger partial charge in [0.1, 0.15) is 0 Å². The first-order valence-electron chi connectivity index (χ1n) is 10.8. The minimum absolute atomic E-state index is 0.0250. The summed E-state index contributed by atoms with van der Waals surface area (Å²) in [6.45, 7) is 6.20. The molecule has 27 heavy (non-hydrogen) atoms. The number of likely N-dealkylation sites (tertiary alicyclic amines) is 2. The molecule has 2 aliphatic heterocycles. The number of rotatable bonds is 7. The second-order valence-electron chi connectivity index (χ2n) is 8.26. The van der Waals surface area contributed by atoms with Gasteiger partial charge in [-0.2, -0.15) is 4.31 Å². The van der Waals surface area contributed by atoms with E-state index in [1.54, 1.807) is 16.1 Å². The fourth-order valence-electron chi connectivity index (χ4n) is 4.45. The molecule has 156 valence electrons. The summed E-state index contributed by atoms with van der Waals surface area (Å²) in [4.78, 5) is 16.6. The maximum Gasteiger partial charge on any atom is 0.317 e. The maximum atomic E-state index is 12.6. The van der Waals surface area contributed by atoms with E-state index >= 15 is 0 Å². The molecule has 0 aromatic rings. The molecule has 7 nitrogen and oxygen atoms in total. The Bertz CT molecular complexity index is 580. The zero-order valence-corrected chi connectivity index (χ0v) is 17.6. The molecule has 0 spiro atoms. The Hall–Kier alpha value is -0.860. The molecule has 0 radical (unpaired) electrons. The SMILES string of the molecule is CCS(=O)(=O)N(CCN1CCCCC1)C1CN(C(=O)NC2CCCCC2)C1. The van der Waals surface area contributed by atoms with Gasteiger partial charge in [-0.05, 0) is 45.7 Å². The zero-order valence-electron chi connectivity index (χ0n) is 16.7. The van der Waals surface area contributed by atoms with Gasteiger partial charge in [0.25, 0.3) is 0 Å². The monoisotopic (exact) mass is 400 g/mol. The van der Waals surface area contributed by atoms with Crippen LogP contribution in [0.4, 0.5) is 4.79 Å². The number of carbonyl (C=O) groups excluding carboxylic acids is 1. The number of urea groups is 1. The number of nitrogens with zero attached hydrogens (tertiary/aromatic N) is 3. The first-order valence-corrected chi connectivity index (χ1v) is 12.4. The van der Waals surface area contributed by atoms with Crippen LogP contribution in [0.1, 0.15) is 58.3 Å². The van der Waals surface area contributed by atoms with Crippen molar-refractivity contribution in [2.45, 2.75) is 70.4 Å². The fraction of sp³-hybridized carbons (Fsp3) is 0.947. The molecule has 3 rings (SSSR count). The molecule has 0 aromatic carbocycles. The van der Waals surface area contributed by atoms with Gasteiger partial charge in [0, 0.05) is 32.2 Å². The molecule has 1 saturated carbocycles. The van der Waals surface area contributed by atoms with E-state index in [4.69, 9.17) is 0 Å². The van der Waals surface area contributed by atoms with Crippen LogP contribution in [0.3, 0.4) is 0 Å². The van der Waals surface area contributed by atoms with Crippen LogP contribution in [-0.2, 0) is 10.0 Å². The molecule has 3 fully saturated rings. The number of hydrogen-bond acceptors (Lipinski definition) is 4. The summed E-state index contributed by atoms with van der Waals surface area (Å²) in [6.07, 6.45) is 9.46. The van der Waals surface area contributed by atoms with Crippen LogP contribution in [0.2, 0.25) is 0 Å². The highest BCUT2D eigenvalue weighted by atomic mass is 32.2. The van der Waals surface area contributed by atoms with Gasteiger partial charge in [-0.3, -0.25) is 0 Å². The molecule has 8 heteroatoms. The van der Waals surface area contributed by atoms with Crippen molar-refractivity contribution in [1.82, 2.24) is 19.4 Å². The van der Waals surface area contributed by atoms with Crippen LogP contribution in [0.5, 0.6) is 0 Å². The highest BCUT2D eigenvalue weighted by Gasteiger charge is 2.40. The minimum Gasteiger partial charge on any atom is -0.335 e. The Morgan fingerprint density at radius 3 is 2.30 bits per heavy atom. The van der Waals surface area contributed by atoms with Crippen molar-refractivity contribution in [3.63, 3.8) is 0 Å². The number of piperidine rings is 1. The van der Waals surface area contributed by atoms with E-state index in [1.807, 2.05) is 0 Å². The topological polar surface area (TPSA) is 73.0 Å². The standard InChI is InChI=1S/C19H36N4O3S/c1-2-27(25,26)23(14-13-21-11-7-4-8-12-21)18-15-22(16-18)19(24)20-17-9-5-3-6-10-17/h17-18H,2-16H2,1H3,(H,20,24). The van der Waals surface area contributed by atoms with Gasteiger partial charge in [0.2, 0.25) is 10.0 Å². The predicted octanol–water partition coefficient (Wildman–Crippen LogP) is 1.85. The van der Waals surface area contributed by atoms with Gasteiger partial charge in [0.05, 0.1) is 11.8 Å². The lowest BCUT2D eigenvalue weighted by atomic mass is 9.95. The Kier molecular flexibility index (Phi) is 7.39.